The molecule has 0 bridgehead atoms. The molecular weight excluding hydrogens is 399 g/mol. The van der Waals surface area contributed by atoms with Crippen LogP contribution in [0.25, 0.3) is 17.0 Å². The molecule has 1 heterocycles. The van der Waals surface area contributed by atoms with Gasteiger partial charge in [-0.15, -0.1) is 0 Å². The van der Waals surface area contributed by atoms with Crippen molar-refractivity contribution < 1.29 is 18.7 Å². The van der Waals surface area contributed by atoms with Crippen molar-refractivity contribution in [2.45, 2.75) is 6.54 Å². The number of rotatable bonds is 8. The molecule has 1 aromatic heterocycles. The van der Waals surface area contributed by atoms with Crippen LogP contribution in [-0.2, 0) is 20.9 Å². The number of nitrogens with zero attached hydrogens (tertiary/aromatic N) is 2. The van der Waals surface area contributed by atoms with E-state index in [4.69, 9.17) is 4.74 Å². The lowest BCUT2D eigenvalue weighted by Gasteiger charge is -2.06. The monoisotopic (exact) mass is 420 g/mol. The number of methoxy groups -OCH3 is 1. The maximum Gasteiger partial charge on any atom is 0.266 e. The van der Waals surface area contributed by atoms with Crippen LogP contribution < -0.4 is 10.6 Å². The predicted molar refractivity (Wildman–Crippen MR) is 115 cm³/mol. The minimum absolute atomic E-state index is 0.0851. The first-order valence-electron chi connectivity index (χ1n) is 9.54. The molecule has 0 saturated heterocycles. The second kappa shape index (κ2) is 10.2. The number of halogens is 1. The lowest BCUT2D eigenvalue weighted by atomic mass is 10.1. The van der Waals surface area contributed by atoms with Crippen molar-refractivity contribution >= 4 is 34.5 Å². The van der Waals surface area contributed by atoms with Crippen LogP contribution in [0.15, 0.2) is 60.3 Å². The molecule has 0 fully saturated rings. The Morgan fingerprint density at radius 3 is 2.65 bits per heavy atom. The van der Waals surface area contributed by atoms with E-state index in [0.717, 1.165) is 10.9 Å². The molecule has 2 N–H and O–H groups in total. The number of carbonyl (C=O) groups excluding carboxylic acids is 2. The summed E-state index contributed by atoms with van der Waals surface area (Å²) in [6.45, 7) is 0.909. The maximum absolute atomic E-state index is 13.1. The van der Waals surface area contributed by atoms with Gasteiger partial charge in [-0.25, -0.2) is 4.39 Å². The van der Waals surface area contributed by atoms with Crippen LogP contribution in [0.3, 0.4) is 0 Å². The van der Waals surface area contributed by atoms with Crippen molar-refractivity contribution in [3.8, 4) is 6.07 Å². The van der Waals surface area contributed by atoms with Crippen molar-refractivity contribution in [1.82, 2.24) is 9.88 Å². The fourth-order valence-electron chi connectivity index (χ4n) is 3.06. The molecule has 0 unspecified atom stereocenters. The number of benzene rings is 2. The quantitative estimate of drug-likeness (QED) is 0.333. The highest BCUT2D eigenvalue weighted by Gasteiger charge is 2.14. The molecule has 2 aromatic carbocycles. The molecule has 0 aliphatic carbocycles. The first kappa shape index (κ1) is 21.7. The van der Waals surface area contributed by atoms with Gasteiger partial charge in [0.05, 0.1) is 6.61 Å². The van der Waals surface area contributed by atoms with E-state index in [2.05, 4.69) is 10.6 Å². The van der Waals surface area contributed by atoms with E-state index in [-0.39, 0.29) is 18.0 Å². The topological polar surface area (TPSA) is 96.2 Å². The van der Waals surface area contributed by atoms with E-state index in [1.54, 1.807) is 17.9 Å². The van der Waals surface area contributed by atoms with Gasteiger partial charge in [0, 0.05) is 42.0 Å². The largest absolute Gasteiger partial charge is 0.383 e. The van der Waals surface area contributed by atoms with E-state index >= 15 is 0 Å². The molecule has 7 nitrogen and oxygen atoms in total. The Balaban J connectivity index is 1.85. The average Bonchev–Trinajstić information content (AvgIpc) is 3.11. The zero-order valence-electron chi connectivity index (χ0n) is 16.9. The van der Waals surface area contributed by atoms with Crippen molar-refractivity contribution in [2.75, 3.05) is 25.6 Å². The van der Waals surface area contributed by atoms with Gasteiger partial charge in [-0.05, 0) is 36.4 Å². The van der Waals surface area contributed by atoms with Crippen molar-refractivity contribution in [3.05, 3.63) is 71.7 Å². The van der Waals surface area contributed by atoms with Crippen LogP contribution in [0.4, 0.5) is 10.1 Å². The number of aromatic nitrogens is 1. The molecule has 0 saturated carbocycles. The Morgan fingerprint density at radius 2 is 1.94 bits per heavy atom. The van der Waals surface area contributed by atoms with Gasteiger partial charge >= 0.3 is 0 Å². The van der Waals surface area contributed by atoms with Gasteiger partial charge in [-0.2, -0.15) is 5.26 Å². The van der Waals surface area contributed by atoms with Crippen molar-refractivity contribution in [3.63, 3.8) is 0 Å². The minimum Gasteiger partial charge on any atom is -0.383 e. The first-order chi connectivity index (χ1) is 15.0. The molecule has 0 spiro atoms. The molecule has 158 valence electrons. The Kier molecular flexibility index (Phi) is 7.14. The molecular formula is C23H21FN4O3. The molecule has 31 heavy (non-hydrogen) atoms. The van der Waals surface area contributed by atoms with Crippen LogP contribution in [-0.4, -0.2) is 36.6 Å². The number of amides is 2. The fourth-order valence-corrected chi connectivity index (χ4v) is 3.06. The van der Waals surface area contributed by atoms with Gasteiger partial charge in [0.25, 0.3) is 5.91 Å². The van der Waals surface area contributed by atoms with Crippen LogP contribution in [0, 0.1) is 17.1 Å². The van der Waals surface area contributed by atoms with E-state index in [1.807, 2.05) is 30.3 Å². The highest BCUT2D eigenvalue weighted by Crippen LogP contribution is 2.24. The molecule has 0 atom stereocenters. The van der Waals surface area contributed by atoms with Gasteiger partial charge in [-0.1, -0.05) is 18.2 Å². The number of para-hydroxylation sites is 1. The predicted octanol–water partition coefficient (Wildman–Crippen LogP) is 3.09. The Bertz CT molecular complexity index is 1160. The molecule has 3 aromatic rings. The van der Waals surface area contributed by atoms with Crippen molar-refractivity contribution in [2.24, 2.45) is 0 Å². The third kappa shape index (κ3) is 5.56. The summed E-state index contributed by atoms with van der Waals surface area (Å²) in [5.41, 5.74) is 1.69. The van der Waals surface area contributed by atoms with Crippen LogP contribution in [0.2, 0.25) is 0 Å². The van der Waals surface area contributed by atoms with Crippen molar-refractivity contribution in [1.29, 1.82) is 5.26 Å². The third-order valence-electron chi connectivity index (χ3n) is 4.53. The molecule has 8 heteroatoms. The highest BCUT2D eigenvalue weighted by atomic mass is 19.1. The Hall–Kier alpha value is -3.96. The van der Waals surface area contributed by atoms with E-state index in [1.165, 1.54) is 30.3 Å². The number of ether oxygens (including phenoxy) is 1. The standard InChI is InChI=1S/C23H21FN4O3/c1-31-11-10-26-22(29)15-28-14-17(20-4-2-3-5-21(20)28)12-16(13-25)23(30)27-19-8-6-18(24)7-9-19/h2-9,12,14H,10-11,15H2,1H3,(H,26,29)(H,27,30). The summed E-state index contributed by atoms with van der Waals surface area (Å²) >= 11 is 0. The molecule has 2 amide bonds. The van der Waals surface area contributed by atoms with Crippen LogP contribution >= 0.6 is 0 Å². The highest BCUT2D eigenvalue weighted by molar-refractivity contribution is 6.10. The summed E-state index contributed by atoms with van der Waals surface area (Å²) in [4.78, 5) is 24.7. The van der Waals surface area contributed by atoms with Gasteiger partial charge < -0.3 is 19.9 Å². The fraction of sp³-hybridized carbons (Fsp3) is 0.174. The number of carbonyl (C=O) groups is 2. The summed E-state index contributed by atoms with van der Waals surface area (Å²) in [6.07, 6.45) is 3.20. The summed E-state index contributed by atoms with van der Waals surface area (Å²) in [5, 5.41) is 15.6. The summed E-state index contributed by atoms with van der Waals surface area (Å²) in [5.74, 6) is -1.21. The van der Waals surface area contributed by atoms with E-state index in [9.17, 15) is 19.2 Å². The number of hydrogen-bond acceptors (Lipinski definition) is 4. The van der Waals surface area contributed by atoms with Gasteiger partial charge in [0.15, 0.2) is 0 Å². The minimum atomic E-state index is -0.608. The number of fused-ring (bicyclic) bond motifs is 1. The van der Waals surface area contributed by atoms with E-state index < -0.39 is 11.7 Å². The normalized spacial score (nSPS) is 11.2. The number of hydrogen-bond donors (Lipinski definition) is 2. The molecule has 0 radical (unpaired) electrons. The van der Waals surface area contributed by atoms with E-state index in [0.29, 0.717) is 24.4 Å². The van der Waals surface area contributed by atoms with Gasteiger partial charge in [0.2, 0.25) is 5.91 Å². The molecule has 3 rings (SSSR count). The first-order valence-corrected chi connectivity index (χ1v) is 9.54. The summed E-state index contributed by atoms with van der Waals surface area (Å²) in [7, 11) is 1.56. The van der Waals surface area contributed by atoms with Gasteiger partial charge in [0.1, 0.15) is 24.0 Å². The lowest BCUT2D eigenvalue weighted by molar-refractivity contribution is -0.121. The molecule has 0 aliphatic heterocycles. The zero-order valence-corrected chi connectivity index (χ0v) is 16.9. The van der Waals surface area contributed by atoms with Crippen LogP contribution in [0.5, 0.6) is 0 Å². The second-order valence-electron chi connectivity index (χ2n) is 6.70. The molecule has 0 aliphatic rings. The number of nitriles is 1. The Labute approximate surface area is 178 Å². The Morgan fingerprint density at radius 1 is 1.19 bits per heavy atom. The number of anilines is 1. The SMILES string of the molecule is COCCNC(=O)Cn1cc(C=C(C#N)C(=O)Nc2ccc(F)cc2)c2ccccc21. The van der Waals surface area contributed by atoms with Gasteiger partial charge in [-0.3, -0.25) is 9.59 Å². The van der Waals surface area contributed by atoms with Crippen LogP contribution in [0.1, 0.15) is 5.56 Å². The smallest absolute Gasteiger partial charge is 0.266 e. The second-order valence-corrected chi connectivity index (χ2v) is 6.70. The third-order valence-corrected chi connectivity index (χ3v) is 4.53. The average molecular weight is 420 g/mol. The maximum atomic E-state index is 13.1. The zero-order chi connectivity index (χ0) is 22.2. The lowest BCUT2D eigenvalue weighted by Crippen LogP contribution is -2.30. The number of nitrogens with one attached hydrogen (secondary N) is 2. The summed E-state index contributed by atoms with van der Waals surface area (Å²) < 4.78 is 19.7. The summed E-state index contributed by atoms with van der Waals surface area (Å²) in [6, 6.07) is 14.6.